The van der Waals surface area contributed by atoms with Gasteiger partial charge in [-0.1, -0.05) is 0 Å². The minimum atomic E-state index is -1.19. The summed E-state index contributed by atoms with van der Waals surface area (Å²) >= 11 is 0. The lowest BCUT2D eigenvalue weighted by atomic mass is 10.1. The number of phenols is 1. The third-order valence-electron chi connectivity index (χ3n) is 2.18. The van der Waals surface area contributed by atoms with Crippen LogP contribution in [0, 0.1) is 0 Å². The lowest BCUT2D eigenvalue weighted by molar-refractivity contribution is 0.0693. The average Bonchev–Trinajstić information content (AvgIpc) is 2.46. The van der Waals surface area contributed by atoms with Crippen LogP contribution in [-0.4, -0.2) is 22.8 Å². The summed E-state index contributed by atoms with van der Waals surface area (Å²) in [7, 11) is 0. The second-order valence-electron chi connectivity index (χ2n) is 3.13. The van der Waals surface area contributed by atoms with Crippen LogP contribution in [0.15, 0.2) is 12.1 Å². The Morgan fingerprint density at radius 2 is 2.29 bits per heavy atom. The maximum atomic E-state index is 10.7. The van der Waals surface area contributed by atoms with Crippen LogP contribution in [0.3, 0.4) is 0 Å². The predicted molar refractivity (Wildman–Crippen MR) is 47.5 cm³/mol. The summed E-state index contributed by atoms with van der Waals surface area (Å²) in [6, 6.07) is 2.34. The zero-order valence-electron chi connectivity index (χ0n) is 7.23. The molecule has 0 aliphatic carbocycles. The maximum Gasteiger partial charge on any atom is 0.339 e. The number of ether oxygens (including phenoxy) is 1. The molecule has 0 spiro atoms. The number of aromatic hydroxyl groups is 1. The molecule has 1 aromatic rings. The SMILES string of the molecule is N[C@H]1COc2cc(C(=O)O)c(O)cc21. The van der Waals surface area contributed by atoms with Crippen molar-refractivity contribution in [1.29, 1.82) is 0 Å². The Morgan fingerprint density at radius 1 is 1.57 bits per heavy atom. The standard InChI is InChI=1S/C9H9NO4/c10-6-3-14-8-2-5(9(12)13)7(11)1-4(6)8/h1-2,6,11H,3,10H2,(H,12,13)/t6-/m0/s1. The van der Waals surface area contributed by atoms with Crippen molar-refractivity contribution in [3.8, 4) is 11.5 Å². The summed E-state index contributed by atoms with van der Waals surface area (Å²) in [4.78, 5) is 10.7. The molecular weight excluding hydrogens is 186 g/mol. The number of carboxylic acids is 1. The molecular formula is C9H9NO4. The molecule has 0 aromatic heterocycles. The van der Waals surface area contributed by atoms with Crippen molar-refractivity contribution in [3.05, 3.63) is 23.3 Å². The van der Waals surface area contributed by atoms with Gasteiger partial charge in [-0.25, -0.2) is 4.79 Å². The Balaban J connectivity index is 2.55. The van der Waals surface area contributed by atoms with E-state index < -0.39 is 5.97 Å². The van der Waals surface area contributed by atoms with Crippen molar-refractivity contribution in [2.45, 2.75) is 6.04 Å². The molecule has 5 nitrogen and oxygen atoms in total. The van der Waals surface area contributed by atoms with E-state index in [0.717, 1.165) is 0 Å². The fraction of sp³-hybridized carbons (Fsp3) is 0.222. The minimum absolute atomic E-state index is 0.169. The second kappa shape index (κ2) is 2.88. The third kappa shape index (κ3) is 1.18. The summed E-state index contributed by atoms with van der Waals surface area (Å²) < 4.78 is 5.16. The number of nitrogens with two attached hydrogens (primary N) is 1. The summed E-state index contributed by atoms with van der Waals surface area (Å²) in [5.74, 6) is -1.03. The molecule has 14 heavy (non-hydrogen) atoms. The molecule has 0 unspecified atom stereocenters. The van der Waals surface area contributed by atoms with E-state index in [9.17, 15) is 9.90 Å². The predicted octanol–water partition coefficient (Wildman–Crippen LogP) is 0.483. The molecule has 1 aromatic carbocycles. The van der Waals surface area contributed by atoms with Crippen LogP contribution < -0.4 is 10.5 Å². The number of carbonyl (C=O) groups is 1. The highest BCUT2D eigenvalue weighted by Crippen LogP contribution is 2.35. The van der Waals surface area contributed by atoms with E-state index in [1.54, 1.807) is 0 Å². The second-order valence-corrected chi connectivity index (χ2v) is 3.13. The monoisotopic (exact) mass is 195 g/mol. The lowest BCUT2D eigenvalue weighted by Gasteiger charge is -2.04. The van der Waals surface area contributed by atoms with Gasteiger partial charge in [-0.15, -0.1) is 0 Å². The number of fused-ring (bicyclic) bond motifs is 1. The van der Waals surface area contributed by atoms with E-state index in [0.29, 0.717) is 17.9 Å². The molecule has 5 heteroatoms. The molecule has 4 N–H and O–H groups in total. The highest BCUT2D eigenvalue weighted by atomic mass is 16.5. The molecule has 1 atom stereocenters. The first kappa shape index (κ1) is 8.83. The first-order valence-corrected chi connectivity index (χ1v) is 4.08. The molecule has 0 radical (unpaired) electrons. The zero-order chi connectivity index (χ0) is 10.3. The Hall–Kier alpha value is -1.75. The Kier molecular flexibility index (Phi) is 1.82. The van der Waals surface area contributed by atoms with E-state index in [1.165, 1.54) is 12.1 Å². The Labute approximate surface area is 79.7 Å². The van der Waals surface area contributed by atoms with Gasteiger partial charge < -0.3 is 20.7 Å². The highest BCUT2D eigenvalue weighted by molar-refractivity contribution is 5.91. The van der Waals surface area contributed by atoms with Crippen LogP contribution in [-0.2, 0) is 0 Å². The molecule has 0 bridgehead atoms. The van der Waals surface area contributed by atoms with Crippen LogP contribution in [0.5, 0.6) is 11.5 Å². The fourth-order valence-electron chi connectivity index (χ4n) is 1.44. The smallest absolute Gasteiger partial charge is 0.339 e. The van der Waals surface area contributed by atoms with Crippen molar-refractivity contribution >= 4 is 5.97 Å². The van der Waals surface area contributed by atoms with Gasteiger partial charge in [-0.3, -0.25) is 0 Å². The summed E-state index contributed by atoms with van der Waals surface area (Å²) in [6.45, 7) is 0.317. The van der Waals surface area contributed by atoms with Crippen LogP contribution >= 0.6 is 0 Å². The maximum absolute atomic E-state index is 10.7. The van der Waals surface area contributed by atoms with Crippen molar-refractivity contribution in [3.63, 3.8) is 0 Å². The molecule has 2 rings (SSSR count). The van der Waals surface area contributed by atoms with E-state index in [2.05, 4.69) is 0 Å². The largest absolute Gasteiger partial charge is 0.507 e. The molecule has 0 saturated carbocycles. The molecule has 0 amide bonds. The molecule has 0 fully saturated rings. The highest BCUT2D eigenvalue weighted by Gasteiger charge is 2.24. The van der Waals surface area contributed by atoms with Gasteiger partial charge in [0.05, 0.1) is 6.04 Å². The summed E-state index contributed by atoms with van der Waals surface area (Å²) in [5, 5.41) is 18.1. The number of hydrogen-bond donors (Lipinski definition) is 3. The van der Waals surface area contributed by atoms with Gasteiger partial charge in [-0.2, -0.15) is 0 Å². The van der Waals surface area contributed by atoms with Crippen LogP contribution in [0.4, 0.5) is 0 Å². The first-order chi connectivity index (χ1) is 6.59. The van der Waals surface area contributed by atoms with Crippen molar-refractivity contribution < 1.29 is 19.7 Å². The third-order valence-corrected chi connectivity index (χ3v) is 2.18. The van der Waals surface area contributed by atoms with E-state index in [4.69, 9.17) is 15.6 Å². The van der Waals surface area contributed by atoms with Crippen molar-refractivity contribution in [2.24, 2.45) is 5.73 Å². The quantitative estimate of drug-likeness (QED) is 0.606. The van der Waals surface area contributed by atoms with Gasteiger partial charge in [0.15, 0.2) is 0 Å². The number of benzene rings is 1. The van der Waals surface area contributed by atoms with E-state index in [-0.39, 0.29) is 17.4 Å². The van der Waals surface area contributed by atoms with Gasteiger partial charge in [0.25, 0.3) is 0 Å². The molecule has 74 valence electrons. The van der Waals surface area contributed by atoms with Gasteiger partial charge in [-0.05, 0) is 12.1 Å². The Morgan fingerprint density at radius 3 is 2.93 bits per heavy atom. The first-order valence-electron chi connectivity index (χ1n) is 4.08. The van der Waals surface area contributed by atoms with Crippen molar-refractivity contribution in [1.82, 2.24) is 0 Å². The lowest BCUT2D eigenvalue weighted by Crippen LogP contribution is -2.10. The molecule has 1 heterocycles. The number of aromatic carboxylic acids is 1. The topological polar surface area (TPSA) is 92.8 Å². The minimum Gasteiger partial charge on any atom is -0.507 e. The van der Waals surface area contributed by atoms with E-state index >= 15 is 0 Å². The molecule has 1 aliphatic rings. The van der Waals surface area contributed by atoms with Gasteiger partial charge in [0.1, 0.15) is 23.7 Å². The summed E-state index contributed by atoms with van der Waals surface area (Å²) in [5.41, 5.74) is 6.14. The summed E-state index contributed by atoms with van der Waals surface area (Å²) in [6.07, 6.45) is 0. The van der Waals surface area contributed by atoms with Crippen LogP contribution in [0.1, 0.15) is 22.0 Å². The fourth-order valence-corrected chi connectivity index (χ4v) is 1.44. The molecule has 0 saturated heterocycles. The van der Waals surface area contributed by atoms with Gasteiger partial charge in [0, 0.05) is 5.56 Å². The van der Waals surface area contributed by atoms with Crippen LogP contribution in [0.25, 0.3) is 0 Å². The van der Waals surface area contributed by atoms with Gasteiger partial charge >= 0.3 is 5.97 Å². The number of carboxylic acid groups (broad SMARTS) is 1. The normalized spacial score (nSPS) is 18.8. The Bertz CT molecular complexity index is 402. The zero-order valence-corrected chi connectivity index (χ0v) is 7.23. The van der Waals surface area contributed by atoms with E-state index in [1.807, 2.05) is 0 Å². The number of rotatable bonds is 1. The average molecular weight is 195 g/mol. The molecule has 1 aliphatic heterocycles. The van der Waals surface area contributed by atoms with Crippen LogP contribution in [0.2, 0.25) is 0 Å². The van der Waals surface area contributed by atoms with Crippen molar-refractivity contribution in [2.75, 3.05) is 6.61 Å². The number of hydrogen-bond acceptors (Lipinski definition) is 4. The van der Waals surface area contributed by atoms with Gasteiger partial charge in [0.2, 0.25) is 0 Å².